The summed E-state index contributed by atoms with van der Waals surface area (Å²) >= 11 is 0. The molecule has 0 unspecified atom stereocenters. The molecule has 0 radical (unpaired) electrons. The van der Waals surface area contributed by atoms with Crippen LogP contribution in [0.5, 0.6) is 0 Å². The number of sulfonamides is 1. The van der Waals surface area contributed by atoms with E-state index >= 15 is 0 Å². The number of nitrogens with zero attached hydrogens (tertiary/aromatic N) is 3. The van der Waals surface area contributed by atoms with E-state index in [9.17, 15) is 13.2 Å². The van der Waals surface area contributed by atoms with Crippen LogP contribution < -0.4 is 0 Å². The minimum Gasteiger partial charge on any atom is -0.336 e. The molecule has 122 valence electrons. The Morgan fingerprint density at radius 1 is 1.09 bits per heavy atom. The SMILES string of the molecule is CS(=O)(=O)N1CCN(C(=O)c2ccc(-c3ccn[nH]3)cc2)CC1. The maximum atomic E-state index is 12.5. The first-order valence-electron chi connectivity index (χ1n) is 7.29. The zero-order valence-corrected chi connectivity index (χ0v) is 13.6. The molecule has 1 N–H and O–H groups in total. The Labute approximate surface area is 135 Å². The molecular weight excluding hydrogens is 316 g/mol. The molecule has 0 aliphatic carbocycles. The van der Waals surface area contributed by atoms with Gasteiger partial charge < -0.3 is 4.90 Å². The van der Waals surface area contributed by atoms with Gasteiger partial charge >= 0.3 is 0 Å². The minimum atomic E-state index is -3.18. The Kier molecular flexibility index (Phi) is 4.18. The van der Waals surface area contributed by atoms with Gasteiger partial charge in [-0.15, -0.1) is 0 Å². The van der Waals surface area contributed by atoms with Crippen molar-refractivity contribution in [3.05, 3.63) is 42.1 Å². The van der Waals surface area contributed by atoms with Gasteiger partial charge in [0.05, 0.1) is 11.9 Å². The fraction of sp³-hybridized carbons (Fsp3) is 0.333. The van der Waals surface area contributed by atoms with Crippen LogP contribution in [-0.4, -0.2) is 66.2 Å². The Hall–Kier alpha value is -2.19. The van der Waals surface area contributed by atoms with Crippen molar-refractivity contribution in [3.63, 3.8) is 0 Å². The van der Waals surface area contributed by atoms with E-state index in [-0.39, 0.29) is 5.91 Å². The van der Waals surface area contributed by atoms with Gasteiger partial charge in [-0.3, -0.25) is 9.89 Å². The molecule has 1 saturated heterocycles. The number of carbonyl (C=O) groups excluding carboxylic acids is 1. The van der Waals surface area contributed by atoms with Gasteiger partial charge in [0.15, 0.2) is 0 Å². The number of piperazine rings is 1. The van der Waals surface area contributed by atoms with Crippen molar-refractivity contribution < 1.29 is 13.2 Å². The van der Waals surface area contributed by atoms with Gasteiger partial charge in [0.2, 0.25) is 10.0 Å². The highest BCUT2D eigenvalue weighted by atomic mass is 32.2. The Balaban J connectivity index is 1.67. The van der Waals surface area contributed by atoms with Gasteiger partial charge in [-0.2, -0.15) is 9.40 Å². The van der Waals surface area contributed by atoms with Gasteiger partial charge in [-0.25, -0.2) is 8.42 Å². The summed E-state index contributed by atoms with van der Waals surface area (Å²) in [7, 11) is -3.18. The van der Waals surface area contributed by atoms with E-state index in [1.807, 2.05) is 18.2 Å². The van der Waals surface area contributed by atoms with Crippen molar-refractivity contribution in [2.75, 3.05) is 32.4 Å². The number of amides is 1. The molecule has 1 amide bonds. The summed E-state index contributed by atoms with van der Waals surface area (Å²) in [6.45, 7) is 1.51. The number of H-pyrrole nitrogens is 1. The van der Waals surface area contributed by atoms with Gasteiger partial charge in [0, 0.05) is 37.9 Å². The minimum absolute atomic E-state index is 0.0747. The van der Waals surface area contributed by atoms with E-state index in [1.165, 1.54) is 10.6 Å². The third-order valence-corrected chi connectivity index (χ3v) is 5.24. The summed E-state index contributed by atoms with van der Waals surface area (Å²) in [4.78, 5) is 14.2. The van der Waals surface area contributed by atoms with E-state index < -0.39 is 10.0 Å². The predicted octanol–water partition coefficient (Wildman–Crippen LogP) is 0.794. The molecule has 8 heteroatoms. The molecule has 0 saturated carbocycles. The lowest BCUT2D eigenvalue weighted by atomic mass is 10.1. The molecule has 1 aromatic heterocycles. The zero-order valence-electron chi connectivity index (χ0n) is 12.8. The molecule has 1 aromatic carbocycles. The smallest absolute Gasteiger partial charge is 0.253 e. The number of hydrogen-bond donors (Lipinski definition) is 1. The molecule has 2 heterocycles. The van der Waals surface area contributed by atoms with Crippen LogP contribution >= 0.6 is 0 Å². The quantitative estimate of drug-likeness (QED) is 0.899. The molecular formula is C15H18N4O3S. The van der Waals surface area contributed by atoms with Crippen LogP contribution in [0, 0.1) is 0 Å². The number of nitrogens with one attached hydrogen (secondary N) is 1. The number of rotatable bonds is 3. The van der Waals surface area contributed by atoms with Crippen LogP contribution in [0.4, 0.5) is 0 Å². The van der Waals surface area contributed by atoms with Crippen LogP contribution in [0.2, 0.25) is 0 Å². The van der Waals surface area contributed by atoms with Crippen LogP contribution in [0.1, 0.15) is 10.4 Å². The highest BCUT2D eigenvalue weighted by Crippen LogP contribution is 2.18. The van der Waals surface area contributed by atoms with Crippen molar-refractivity contribution in [1.82, 2.24) is 19.4 Å². The first kappa shape index (κ1) is 15.7. The van der Waals surface area contributed by atoms with E-state index in [2.05, 4.69) is 10.2 Å². The van der Waals surface area contributed by atoms with Crippen LogP contribution in [-0.2, 0) is 10.0 Å². The number of aromatic amines is 1. The first-order valence-corrected chi connectivity index (χ1v) is 9.14. The van der Waals surface area contributed by atoms with Crippen LogP contribution in [0.15, 0.2) is 36.5 Å². The van der Waals surface area contributed by atoms with E-state index in [0.717, 1.165) is 11.3 Å². The number of hydrogen-bond acceptors (Lipinski definition) is 4. The van der Waals surface area contributed by atoms with Gasteiger partial charge in [0.25, 0.3) is 5.91 Å². The summed E-state index contributed by atoms with van der Waals surface area (Å²) in [5.74, 6) is -0.0747. The third kappa shape index (κ3) is 3.43. The third-order valence-electron chi connectivity index (χ3n) is 3.94. The van der Waals surface area contributed by atoms with Gasteiger partial charge in [-0.05, 0) is 23.8 Å². The monoisotopic (exact) mass is 334 g/mol. The van der Waals surface area contributed by atoms with Crippen LogP contribution in [0.25, 0.3) is 11.3 Å². The largest absolute Gasteiger partial charge is 0.336 e. The fourth-order valence-corrected chi connectivity index (χ4v) is 3.44. The maximum absolute atomic E-state index is 12.5. The first-order chi connectivity index (χ1) is 10.9. The standard InChI is InChI=1S/C15H18N4O3S/c1-23(21,22)19-10-8-18(9-11-19)15(20)13-4-2-12(3-5-13)14-6-7-16-17-14/h2-7H,8-11H2,1H3,(H,16,17). The molecule has 1 aliphatic heterocycles. The molecule has 0 spiro atoms. The molecule has 1 fully saturated rings. The summed E-state index contributed by atoms with van der Waals surface area (Å²) in [5.41, 5.74) is 2.45. The summed E-state index contributed by atoms with van der Waals surface area (Å²) in [6, 6.07) is 9.16. The Bertz CT molecular complexity index is 777. The number of aromatic nitrogens is 2. The fourth-order valence-electron chi connectivity index (χ4n) is 2.61. The van der Waals surface area contributed by atoms with Gasteiger partial charge in [-0.1, -0.05) is 12.1 Å². The lowest BCUT2D eigenvalue weighted by molar-refractivity contribution is 0.0698. The van der Waals surface area contributed by atoms with E-state index in [1.54, 1.807) is 23.2 Å². The number of benzene rings is 1. The average molecular weight is 334 g/mol. The number of carbonyl (C=O) groups is 1. The summed E-state index contributed by atoms with van der Waals surface area (Å²) in [5, 5.41) is 6.78. The molecule has 1 aliphatic rings. The second-order valence-electron chi connectivity index (χ2n) is 5.50. The molecule has 7 nitrogen and oxygen atoms in total. The van der Waals surface area contributed by atoms with Gasteiger partial charge in [0.1, 0.15) is 0 Å². The van der Waals surface area contributed by atoms with E-state index in [4.69, 9.17) is 0 Å². The normalized spacial score (nSPS) is 16.5. The highest BCUT2D eigenvalue weighted by molar-refractivity contribution is 7.88. The predicted molar refractivity (Wildman–Crippen MR) is 86.3 cm³/mol. The van der Waals surface area contributed by atoms with Crippen molar-refractivity contribution in [3.8, 4) is 11.3 Å². The molecule has 2 aromatic rings. The lowest BCUT2D eigenvalue weighted by Crippen LogP contribution is -2.50. The second-order valence-corrected chi connectivity index (χ2v) is 7.48. The summed E-state index contributed by atoms with van der Waals surface area (Å²) in [6.07, 6.45) is 2.87. The van der Waals surface area contributed by atoms with Crippen LogP contribution in [0.3, 0.4) is 0 Å². The van der Waals surface area contributed by atoms with Crippen molar-refractivity contribution in [2.24, 2.45) is 0 Å². The molecule has 0 atom stereocenters. The second kappa shape index (κ2) is 6.13. The Morgan fingerprint density at radius 3 is 2.26 bits per heavy atom. The topological polar surface area (TPSA) is 86.4 Å². The summed E-state index contributed by atoms with van der Waals surface area (Å²) < 4.78 is 24.4. The lowest BCUT2D eigenvalue weighted by Gasteiger charge is -2.33. The molecule has 0 bridgehead atoms. The zero-order chi connectivity index (χ0) is 16.4. The molecule has 3 rings (SSSR count). The van der Waals surface area contributed by atoms with Crippen molar-refractivity contribution in [2.45, 2.75) is 0 Å². The average Bonchev–Trinajstić information content (AvgIpc) is 3.08. The van der Waals surface area contributed by atoms with Crippen molar-refractivity contribution >= 4 is 15.9 Å². The highest BCUT2D eigenvalue weighted by Gasteiger charge is 2.26. The maximum Gasteiger partial charge on any atom is 0.253 e. The molecule has 23 heavy (non-hydrogen) atoms. The van der Waals surface area contributed by atoms with E-state index in [0.29, 0.717) is 31.7 Å². The van der Waals surface area contributed by atoms with Crippen molar-refractivity contribution in [1.29, 1.82) is 0 Å². The Morgan fingerprint density at radius 2 is 1.74 bits per heavy atom.